The van der Waals surface area contributed by atoms with E-state index in [1.807, 2.05) is 0 Å². The van der Waals surface area contributed by atoms with Crippen molar-refractivity contribution in [3.8, 4) is 16.9 Å². The topological polar surface area (TPSA) is 77.4 Å². The van der Waals surface area contributed by atoms with E-state index in [9.17, 15) is 19.4 Å². The molecule has 4 nitrogen and oxygen atoms in total. The van der Waals surface area contributed by atoms with Crippen LogP contribution in [0.5, 0.6) is 5.75 Å². The summed E-state index contributed by atoms with van der Waals surface area (Å²) in [5.74, 6) is -0.0432. The van der Waals surface area contributed by atoms with Crippen LogP contribution in [0.1, 0.15) is 15.9 Å². The predicted octanol–water partition coefficient (Wildman–Crippen LogP) is 0.476. The fraction of sp³-hybridized carbons (Fsp3) is 0.0500. The Labute approximate surface area is 194 Å². The Morgan fingerprint density at radius 1 is 0.885 bits per heavy atom. The van der Waals surface area contributed by atoms with Gasteiger partial charge in [-0.3, -0.25) is 4.79 Å². The van der Waals surface area contributed by atoms with Gasteiger partial charge < -0.3 is 14.6 Å². The minimum absolute atomic E-state index is 0. The molecule has 0 spiro atoms. The van der Waals surface area contributed by atoms with E-state index in [2.05, 4.69) is 0 Å². The Hall–Kier alpha value is -1.04. The Bertz CT molecular complexity index is 1000. The van der Waals surface area contributed by atoms with E-state index < -0.39 is 12.9 Å². The first kappa shape index (κ1) is 21.3. The zero-order valence-corrected chi connectivity index (χ0v) is 18.6. The van der Waals surface area contributed by atoms with Crippen LogP contribution in [0, 0.1) is 6.92 Å². The van der Waals surface area contributed by atoms with E-state index >= 15 is 0 Å². The van der Waals surface area contributed by atoms with E-state index in [1.54, 1.807) is 61.5 Å². The SMILES string of the molecule is Cc1ccccc1C(=O)P(=O)([O-])c1ccccc1-c1ccccc1O.[K+]. The predicted molar refractivity (Wildman–Crippen MR) is 96.3 cm³/mol. The van der Waals surface area contributed by atoms with Crippen LogP contribution in [0.3, 0.4) is 0 Å². The van der Waals surface area contributed by atoms with Crippen molar-refractivity contribution in [1.82, 2.24) is 0 Å². The number of aryl methyl sites for hydroxylation is 1. The molecule has 1 atom stereocenters. The van der Waals surface area contributed by atoms with Crippen LogP contribution < -0.4 is 61.6 Å². The van der Waals surface area contributed by atoms with Gasteiger partial charge in [0.2, 0.25) is 5.52 Å². The first-order chi connectivity index (χ1) is 11.9. The molecule has 0 bridgehead atoms. The van der Waals surface area contributed by atoms with Crippen molar-refractivity contribution in [2.45, 2.75) is 6.92 Å². The first-order valence-corrected chi connectivity index (χ1v) is 9.35. The van der Waals surface area contributed by atoms with Crippen LogP contribution in [0.15, 0.2) is 72.8 Å². The summed E-state index contributed by atoms with van der Waals surface area (Å²) in [6.07, 6.45) is 0. The number of benzene rings is 3. The average molecular weight is 390 g/mol. The number of hydrogen-bond acceptors (Lipinski definition) is 4. The molecule has 0 saturated heterocycles. The Balaban J connectivity index is 0.00000243. The van der Waals surface area contributed by atoms with Gasteiger partial charge >= 0.3 is 51.4 Å². The molecule has 0 aliphatic rings. The van der Waals surface area contributed by atoms with E-state index in [0.717, 1.165) is 0 Å². The van der Waals surface area contributed by atoms with Crippen LogP contribution >= 0.6 is 7.37 Å². The number of phenols is 1. The number of aromatic hydroxyl groups is 1. The molecule has 6 heteroatoms. The molecule has 26 heavy (non-hydrogen) atoms. The molecule has 3 aromatic rings. The second-order valence-corrected chi connectivity index (χ2v) is 7.70. The first-order valence-electron chi connectivity index (χ1n) is 7.72. The van der Waals surface area contributed by atoms with Gasteiger partial charge in [-0.15, -0.1) is 0 Å². The molecule has 3 aromatic carbocycles. The molecule has 0 radical (unpaired) electrons. The molecular formula is C20H16KO4P. The van der Waals surface area contributed by atoms with Gasteiger partial charge in [-0.1, -0.05) is 66.7 Å². The minimum atomic E-state index is -4.61. The summed E-state index contributed by atoms with van der Waals surface area (Å²) in [4.78, 5) is 25.7. The monoisotopic (exact) mass is 390 g/mol. The van der Waals surface area contributed by atoms with Crippen LogP contribution in [0.25, 0.3) is 11.1 Å². The molecule has 1 N–H and O–H groups in total. The van der Waals surface area contributed by atoms with Gasteiger partial charge in [0.25, 0.3) is 0 Å². The molecule has 0 saturated carbocycles. The maximum atomic E-state index is 13.0. The van der Waals surface area contributed by atoms with Crippen molar-refractivity contribution < 1.29 is 70.7 Å². The molecule has 126 valence electrons. The molecule has 0 aliphatic carbocycles. The summed E-state index contributed by atoms with van der Waals surface area (Å²) in [5.41, 5.74) is 0.512. The number of para-hydroxylation sites is 1. The number of carbonyl (C=O) groups excluding carboxylic acids is 1. The smallest absolute Gasteiger partial charge is 0.790 e. The Morgan fingerprint density at radius 3 is 2.08 bits per heavy atom. The van der Waals surface area contributed by atoms with Gasteiger partial charge in [0.05, 0.1) is 0 Å². The van der Waals surface area contributed by atoms with Gasteiger partial charge in [-0.05, 0) is 24.1 Å². The summed E-state index contributed by atoms with van der Waals surface area (Å²) in [6, 6.07) is 19.2. The molecular weight excluding hydrogens is 374 g/mol. The van der Waals surface area contributed by atoms with Crippen LogP contribution in [0.4, 0.5) is 0 Å². The second-order valence-electron chi connectivity index (χ2n) is 5.71. The minimum Gasteiger partial charge on any atom is -0.790 e. The number of phenolic OH excluding ortho intramolecular Hbond substituents is 1. The average Bonchev–Trinajstić information content (AvgIpc) is 2.62. The summed E-state index contributed by atoms with van der Waals surface area (Å²) < 4.78 is 13.0. The van der Waals surface area contributed by atoms with E-state index in [1.165, 1.54) is 18.2 Å². The molecule has 0 fully saturated rings. The summed E-state index contributed by atoms with van der Waals surface area (Å²) >= 11 is 0. The second kappa shape index (κ2) is 8.76. The molecule has 0 aliphatic heterocycles. The fourth-order valence-corrected chi connectivity index (χ4v) is 4.32. The summed E-state index contributed by atoms with van der Waals surface area (Å²) in [5, 5.41) is 9.98. The van der Waals surface area contributed by atoms with Crippen LogP contribution in [0.2, 0.25) is 0 Å². The van der Waals surface area contributed by atoms with Crippen molar-refractivity contribution >= 4 is 18.2 Å². The third kappa shape index (κ3) is 4.10. The third-order valence-electron chi connectivity index (χ3n) is 4.06. The Morgan fingerprint density at radius 2 is 1.42 bits per heavy atom. The quantitative estimate of drug-likeness (QED) is 0.519. The van der Waals surface area contributed by atoms with Gasteiger partial charge in [0.15, 0.2) is 0 Å². The number of rotatable bonds is 4. The fourth-order valence-electron chi connectivity index (χ4n) is 2.74. The number of hydrogen-bond donors (Lipinski definition) is 1. The molecule has 0 amide bonds. The van der Waals surface area contributed by atoms with Crippen molar-refractivity contribution in [3.63, 3.8) is 0 Å². The third-order valence-corrected chi connectivity index (χ3v) is 5.86. The van der Waals surface area contributed by atoms with E-state index in [4.69, 9.17) is 0 Å². The van der Waals surface area contributed by atoms with Gasteiger partial charge in [-0.25, -0.2) is 0 Å². The van der Waals surface area contributed by atoms with Gasteiger partial charge in [0, 0.05) is 16.4 Å². The molecule has 1 unspecified atom stereocenters. The largest absolute Gasteiger partial charge is 1.00 e. The molecule has 0 heterocycles. The van der Waals surface area contributed by atoms with Crippen LogP contribution in [-0.2, 0) is 4.57 Å². The maximum Gasteiger partial charge on any atom is 1.00 e. The van der Waals surface area contributed by atoms with Gasteiger partial charge in [0.1, 0.15) is 13.1 Å². The Kier molecular flexibility index (Phi) is 7.17. The van der Waals surface area contributed by atoms with Gasteiger partial charge in [-0.2, -0.15) is 0 Å². The zero-order valence-electron chi connectivity index (χ0n) is 14.5. The standard InChI is InChI=1S/C20H17O4P.K/c1-14-8-2-3-9-15(14)20(22)25(23,24)19-13-7-5-11-17(19)16-10-4-6-12-18(16)21;/h2-13,21H,1H3,(H,23,24);/q;+1/p-1. The number of carbonyl (C=O) groups is 1. The summed E-state index contributed by atoms with van der Waals surface area (Å²) in [6.45, 7) is 1.70. The maximum absolute atomic E-state index is 13.0. The van der Waals surface area contributed by atoms with Crippen molar-refractivity contribution in [2.24, 2.45) is 0 Å². The molecule has 0 aromatic heterocycles. The molecule has 3 rings (SSSR count). The van der Waals surface area contributed by atoms with Crippen LogP contribution in [-0.4, -0.2) is 10.6 Å². The van der Waals surface area contributed by atoms with E-state index in [0.29, 0.717) is 16.7 Å². The zero-order chi connectivity index (χ0) is 18.0. The van der Waals surface area contributed by atoms with E-state index in [-0.39, 0.29) is 68.0 Å². The normalized spacial score (nSPS) is 12.7. The van der Waals surface area contributed by atoms with Crippen molar-refractivity contribution in [1.29, 1.82) is 0 Å². The summed E-state index contributed by atoms with van der Waals surface area (Å²) in [7, 11) is -4.61. The van der Waals surface area contributed by atoms with Crippen molar-refractivity contribution in [2.75, 3.05) is 0 Å². The van der Waals surface area contributed by atoms with Crippen molar-refractivity contribution in [3.05, 3.63) is 83.9 Å².